The van der Waals surface area contributed by atoms with E-state index < -0.39 is 4.92 Å². The second-order valence-corrected chi connectivity index (χ2v) is 4.29. The van der Waals surface area contributed by atoms with Gasteiger partial charge in [-0.1, -0.05) is 0 Å². The lowest BCUT2D eigenvalue weighted by atomic mass is 10.1. The molecular weight excluding hydrogens is 236 g/mol. The summed E-state index contributed by atoms with van der Waals surface area (Å²) in [5.41, 5.74) is 5.43. The van der Waals surface area contributed by atoms with Crippen molar-refractivity contribution in [2.75, 3.05) is 30.9 Å². The van der Waals surface area contributed by atoms with Gasteiger partial charge in [0.15, 0.2) is 0 Å². The summed E-state index contributed by atoms with van der Waals surface area (Å²) in [4.78, 5) is 16.2. The minimum atomic E-state index is -0.527. The van der Waals surface area contributed by atoms with Crippen LogP contribution in [0.15, 0.2) is 12.1 Å². The van der Waals surface area contributed by atoms with Gasteiger partial charge in [0.25, 0.3) is 0 Å². The number of anilines is 2. The Hall–Kier alpha value is -1.89. The van der Waals surface area contributed by atoms with Gasteiger partial charge in [-0.25, -0.2) is 4.98 Å². The van der Waals surface area contributed by atoms with Crippen LogP contribution in [0.1, 0.15) is 12.8 Å². The van der Waals surface area contributed by atoms with Crippen LogP contribution in [0.3, 0.4) is 0 Å². The summed E-state index contributed by atoms with van der Waals surface area (Å²) >= 11 is 0. The van der Waals surface area contributed by atoms with E-state index in [0.717, 1.165) is 26.1 Å². The molecule has 0 aromatic carbocycles. The number of nitrogens with two attached hydrogens (primary N) is 1. The van der Waals surface area contributed by atoms with Crippen molar-refractivity contribution in [1.82, 2.24) is 4.98 Å². The molecule has 2 rings (SSSR count). The second kappa shape index (κ2) is 5.18. The summed E-state index contributed by atoms with van der Waals surface area (Å²) in [6, 6.07) is 3.37. The Balaban J connectivity index is 2.17. The van der Waals surface area contributed by atoms with Gasteiger partial charge in [-0.05, 0) is 18.9 Å². The van der Waals surface area contributed by atoms with Crippen LogP contribution in [0.2, 0.25) is 0 Å². The van der Waals surface area contributed by atoms with E-state index >= 15 is 0 Å². The molecule has 98 valence electrons. The Labute approximate surface area is 105 Å². The normalized spacial score (nSPS) is 16.5. The monoisotopic (exact) mass is 252 g/mol. The number of ether oxygens (including phenoxy) is 1. The summed E-state index contributed by atoms with van der Waals surface area (Å²) < 4.78 is 5.30. The average molecular weight is 252 g/mol. The number of nitro groups is 1. The molecule has 1 fully saturated rings. The zero-order chi connectivity index (χ0) is 13.1. The van der Waals surface area contributed by atoms with Crippen LogP contribution in [-0.4, -0.2) is 36.2 Å². The van der Waals surface area contributed by atoms with Crippen molar-refractivity contribution in [2.24, 2.45) is 0 Å². The second-order valence-electron chi connectivity index (χ2n) is 4.29. The minimum absolute atomic E-state index is 0.0450. The molecular formula is C11H16N4O3. The van der Waals surface area contributed by atoms with Crippen LogP contribution in [0.4, 0.5) is 17.3 Å². The van der Waals surface area contributed by atoms with Crippen LogP contribution >= 0.6 is 0 Å². The van der Waals surface area contributed by atoms with Crippen LogP contribution in [0, 0.1) is 10.1 Å². The molecule has 1 aliphatic rings. The first kappa shape index (κ1) is 12.6. The molecule has 1 aliphatic heterocycles. The maximum Gasteiger partial charge on any atom is 0.311 e. The largest absolute Gasteiger partial charge is 0.381 e. The van der Waals surface area contributed by atoms with Gasteiger partial charge in [0.1, 0.15) is 5.82 Å². The third-order valence-electron chi connectivity index (χ3n) is 3.18. The lowest BCUT2D eigenvalue weighted by molar-refractivity contribution is -0.384. The van der Waals surface area contributed by atoms with E-state index in [0.29, 0.717) is 11.9 Å². The Kier molecular flexibility index (Phi) is 3.61. The predicted octanol–water partition coefficient (Wildman–Crippen LogP) is 1.19. The van der Waals surface area contributed by atoms with Crippen molar-refractivity contribution in [3.05, 3.63) is 22.2 Å². The summed E-state index contributed by atoms with van der Waals surface area (Å²) in [5.74, 6) is 0.612. The Bertz CT molecular complexity index is 446. The lowest BCUT2D eigenvalue weighted by Gasteiger charge is -2.32. The van der Waals surface area contributed by atoms with Crippen LogP contribution in [0.25, 0.3) is 0 Å². The molecule has 0 atom stereocenters. The van der Waals surface area contributed by atoms with Gasteiger partial charge < -0.3 is 15.4 Å². The van der Waals surface area contributed by atoms with Crippen molar-refractivity contribution in [2.45, 2.75) is 18.9 Å². The van der Waals surface area contributed by atoms with Gasteiger partial charge in [0.05, 0.1) is 4.92 Å². The quantitative estimate of drug-likeness (QED) is 0.641. The van der Waals surface area contributed by atoms with Crippen molar-refractivity contribution < 1.29 is 9.66 Å². The molecule has 1 aromatic rings. The summed E-state index contributed by atoms with van der Waals surface area (Å²) in [6.07, 6.45) is 1.85. The first-order valence-electron chi connectivity index (χ1n) is 5.81. The van der Waals surface area contributed by atoms with E-state index in [2.05, 4.69) is 4.98 Å². The maximum absolute atomic E-state index is 10.7. The van der Waals surface area contributed by atoms with Gasteiger partial charge in [-0.3, -0.25) is 10.1 Å². The zero-order valence-corrected chi connectivity index (χ0v) is 10.2. The topological polar surface area (TPSA) is 94.5 Å². The highest BCUT2D eigenvalue weighted by Gasteiger charge is 2.21. The molecule has 0 amide bonds. The van der Waals surface area contributed by atoms with E-state index in [1.54, 1.807) is 6.07 Å². The summed E-state index contributed by atoms with van der Waals surface area (Å²) in [6.45, 7) is 1.47. The van der Waals surface area contributed by atoms with Crippen molar-refractivity contribution in [3.8, 4) is 0 Å². The Morgan fingerprint density at radius 2 is 2.17 bits per heavy atom. The number of hydrogen-bond donors (Lipinski definition) is 1. The van der Waals surface area contributed by atoms with Crippen molar-refractivity contribution >= 4 is 17.3 Å². The first-order valence-corrected chi connectivity index (χ1v) is 5.81. The molecule has 7 heteroatoms. The zero-order valence-electron chi connectivity index (χ0n) is 10.2. The third-order valence-corrected chi connectivity index (χ3v) is 3.18. The van der Waals surface area contributed by atoms with Crippen molar-refractivity contribution in [3.63, 3.8) is 0 Å². The number of hydrogen-bond acceptors (Lipinski definition) is 6. The number of nitrogens with zero attached hydrogens (tertiary/aromatic N) is 3. The van der Waals surface area contributed by atoms with Gasteiger partial charge in [0.2, 0.25) is 5.82 Å². The SMILES string of the molecule is CN(c1ccc([N+](=O)[O-])c(N)n1)C1CCOCC1. The number of pyridine rings is 1. The van der Waals surface area contributed by atoms with Crippen LogP contribution in [0.5, 0.6) is 0 Å². The van der Waals surface area contributed by atoms with Gasteiger partial charge in [-0.15, -0.1) is 0 Å². The van der Waals surface area contributed by atoms with Gasteiger partial charge in [0, 0.05) is 32.4 Å². The lowest BCUT2D eigenvalue weighted by Crippen LogP contribution is -2.37. The number of rotatable bonds is 3. The molecule has 18 heavy (non-hydrogen) atoms. The van der Waals surface area contributed by atoms with E-state index in [1.807, 2.05) is 11.9 Å². The van der Waals surface area contributed by atoms with Crippen molar-refractivity contribution in [1.29, 1.82) is 0 Å². The Morgan fingerprint density at radius 3 is 2.72 bits per heavy atom. The van der Waals surface area contributed by atoms with Gasteiger partial charge >= 0.3 is 5.69 Å². The van der Waals surface area contributed by atoms with E-state index in [9.17, 15) is 10.1 Å². The van der Waals surface area contributed by atoms with E-state index in [-0.39, 0.29) is 11.5 Å². The van der Waals surface area contributed by atoms with Crippen LogP contribution < -0.4 is 10.6 Å². The van der Waals surface area contributed by atoms with Crippen LogP contribution in [-0.2, 0) is 4.74 Å². The molecule has 0 aliphatic carbocycles. The molecule has 0 unspecified atom stereocenters. The maximum atomic E-state index is 10.7. The first-order chi connectivity index (χ1) is 8.59. The minimum Gasteiger partial charge on any atom is -0.381 e. The highest BCUT2D eigenvalue weighted by Crippen LogP contribution is 2.25. The molecule has 0 spiro atoms. The average Bonchev–Trinajstić information content (AvgIpc) is 2.38. The van der Waals surface area contributed by atoms with E-state index in [4.69, 9.17) is 10.5 Å². The molecule has 2 N–H and O–H groups in total. The molecule has 0 radical (unpaired) electrons. The number of nitrogen functional groups attached to an aromatic ring is 1. The van der Waals surface area contributed by atoms with Gasteiger partial charge in [-0.2, -0.15) is 0 Å². The molecule has 2 heterocycles. The standard InChI is InChI=1S/C11H16N4O3/c1-14(8-4-6-18-7-5-8)10-3-2-9(15(16)17)11(12)13-10/h2-3,8H,4-7H2,1H3,(H2,12,13). The third kappa shape index (κ3) is 2.51. The number of aromatic nitrogens is 1. The predicted molar refractivity (Wildman–Crippen MR) is 67.5 cm³/mol. The summed E-state index contributed by atoms with van der Waals surface area (Å²) in [5, 5.41) is 10.7. The fourth-order valence-corrected chi connectivity index (χ4v) is 2.07. The fraction of sp³-hybridized carbons (Fsp3) is 0.545. The highest BCUT2D eigenvalue weighted by atomic mass is 16.6. The molecule has 7 nitrogen and oxygen atoms in total. The summed E-state index contributed by atoms with van der Waals surface area (Å²) in [7, 11) is 1.92. The fourth-order valence-electron chi connectivity index (χ4n) is 2.07. The van der Waals surface area contributed by atoms with E-state index in [1.165, 1.54) is 6.07 Å². The molecule has 0 bridgehead atoms. The Morgan fingerprint density at radius 1 is 1.50 bits per heavy atom. The highest BCUT2D eigenvalue weighted by molar-refractivity contribution is 5.58. The molecule has 1 aromatic heterocycles. The molecule has 0 saturated carbocycles. The smallest absolute Gasteiger partial charge is 0.311 e. The molecule has 1 saturated heterocycles.